The van der Waals surface area contributed by atoms with Crippen molar-refractivity contribution < 1.29 is 0 Å². The van der Waals surface area contributed by atoms with Crippen LogP contribution in [-0.4, -0.2) is 34.3 Å². The first kappa shape index (κ1) is 13.5. The molecule has 0 saturated carbocycles. The number of halogens is 1. The molecule has 0 aromatic carbocycles. The van der Waals surface area contributed by atoms with E-state index in [2.05, 4.69) is 16.1 Å². The van der Waals surface area contributed by atoms with E-state index in [0.717, 1.165) is 19.0 Å². The van der Waals surface area contributed by atoms with Crippen LogP contribution in [0.2, 0.25) is 0 Å². The van der Waals surface area contributed by atoms with Crippen LogP contribution in [0, 0.1) is 5.92 Å². The van der Waals surface area contributed by atoms with Crippen molar-refractivity contribution in [3.05, 3.63) is 18.0 Å². The minimum atomic E-state index is 0. The highest BCUT2D eigenvalue weighted by Crippen LogP contribution is 2.17. The maximum absolute atomic E-state index is 5.68. The molecule has 0 spiro atoms. The molecule has 0 radical (unpaired) electrons. The molecular weight excluding hydrogens is 224 g/mol. The van der Waals surface area contributed by atoms with Gasteiger partial charge in [-0.2, -0.15) is 5.10 Å². The third kappa shape index (κ3) is 3.20. The van der Waals surface area contributed by atoms with Gasteiger partial charge in [0.1, 0.15) is 0 Å². The van der Waals surface area contributed by atoms with Gasteiger partial charge in [0.15, 0.2) is 0 Å². The van der Waals surface area contributed by atoms with E-state index in [1.807, 2.05) is 17.9 Å². The van der Waals surface area contributed by atoms with Crippen LogP contribution in [0.3, 0.4) is 0 Å². The molecule has 1 aliphatic heterocycles. The number of piperidine rings is 1. The summed E-state index contributed by atoms with van der Waals surface area (Å²) >= 11 is 0. The molecule has 2 heterocycles. The van der Waals surface area contributed by atoms with E-state index in [4.69, 9.17) is 5.73 Å². The number of rotatable bonds is 3. The first-order valence-electron chi connectivity index (χ1n) is 5.69. The maximum atomic E-state index is 5.68. The van der Waals surface area contributed by atoms with E-state index >= 15 is 0 Å². The fraction of sp³-hybridized carbons (Fsp3) is 0.727. The number of hydrogen-bond acceptors (Lipinski definition) is 3. The van der Waals surface area contributed by atoms with Gasteiger partial charge in [0.05, 0.1) is 5.69 Å². The molecule has 5 heteroatoms. The Balaban J connectivity index is 0.00000128. The van der Waals surface area contributed by atoms with E-state index in [1.54, 1.807) is 0 Å². The van der Waals surface area contributed by atoms with Crippen molar-refractivity contribution in [1.29, 1.82) is 0 Å². The highest BCUT2D eigenvalue weighted by molar-refractivity contribution is 5.85. The summed E-state index contributed by atoms with van der Waals surface area (Å²) in [6.07, 6.45) is 4.35. The summed E-state index contributed by atoms with van der Waals surface area (Å²) in [4.78, 5) is 2.49. The van der Waals surface area contributed by atoms with Crippen LogP contribution in [0.4, 0.5) is 0 Å². The Hall–Kier alpha value is -0.580. The Labute approximate surface area is 103 Å². The van der Waals surface area contributed by atoms with Gasteiger partial charge in [0, 0.05) is 19.8 Å². The zero-order chi connectivity index (χ0) is 10.7. The van der Waals surface area contributed by atoms with Crippen LogP contribution in [-0.2, 0) is 13.6 Å². The van der Waals surface area contributed by atoms with Crippen molar-refractivity contribution in [2.45, 2.75) is 19.4 Å². The number of nitrogens with two attached hydrogens (primary N) is 1. The van der Waals surface area contributed by atoms with Gasteiger partial charge < -0.3 is 5.73 Å². The summed E-state index contributed by atoms with van der Waals surface area (Å²) < 4.78 is 1.95. The Bertz CT molecular complexity index is 305. The lowest BCUT2D eigenvalue weighted by Gasteiger charge is -2.31. The number of likely N-dealkylation sites (tertiary alicyclic amines) is 1. The highest BCUT2D eigenvalue weighted by Gasteiger charge is 2.18. The molecule has 0 amide bonds. The van der Waals surface area contributed by atoms with E-state index in [1.165, 1.54) is 31.6 Å². The lowest BCUT2D eigenvalue weighted by atomic mass is 9.97. The summed E-state index contributed by atoms with van der Waals surface area (Å²) in [5.74, 6) is 0.743. The van der Waals surface area contributed by atoms with Gasteiger partial charge in [-0.1, -0.05) is 0 Å². The zero-order valence-electron chi connectivity index (χ0n) is 9.80. The predicted octanol–water partition coefficient (Wildman–Crippen LogP) is 1.01. The Morgan fingerprint density at radius 1 is 1.44 bits per heavy atom. The quantitative estimate of drug-likeness (QED) is 0.864. The molecule has 1 aromatic heterocycles. The maximum Gasteiger partial charge on any atom is 0.0521 e. The molecular formula is C11H21ClN4. The summed E-state index contributed by atoms with van der Waals surface area (Å²) in [6.45, 7) is 4.22. The molecule has 0 bridgehead atoms. The molecule has 2 N–H and O–H groups in total. The van der Waals surface area contributed by atoms with Crippen molar-refractivity contribution in [2.75, 3.05) is 19.6 Å². The Kier molecular flexibility index (Phi) is 5.25. The minimum Gasteiger partial charge on any atom is -0.330 e. The van der Waals surface area contributed by atoms with Crippen LogP contribution in [0.1, 0.15) is 18.5 Å². The van der Waals surface area contributed by atoms with Gasteiger partial charge in [-0.15, -0.1) is 12.4 Å². The first-order chi connectivity index (χ1) is 7.29. The topological polar surface area (TPSA) is 47.1 Å². The van der Waals surface area contributed by atoms with Gasteiger partial charge in [-0.25, -0.2) is 0 Å². The average Bonchev–Trinajstić information content (AvgIpc) is 2.66. The smallest absolute Gasteiger partial charge is 0.0521 e. The number of aryl methyl sites for hydroxylation is 1. The number of nitrogens with zero attached hydrogens (tertiary/aromatic N) is 3. The third-order valence-electron chi connectivity index (χ3n) is 3.35. The van der Waals surface area contributed by atoms with E-state index in [0.29, 0.717) is 0 Å². The molecule has 4 nitrogen and oxygen atoms in total. The van der Waals surface area contributed by atoms with Gasteiger partial charge >= 0.3 is 0 Å². The molecule has 0 unspecified atom stereocenters. The molecule has 16 heavy (non-hydrogen) atoms. The lowest BCUT2D eigenvalue weighted by molar-refractivity contribution is 0.177. The van der Waals surface area contributed by atoms with Gasteiger partial charge in [0.2, 0.25) is 0 Å². The highest BCUT2D eigenvalue weighted by atomic mass is 35.5. The van der Waals surface area contributed by atoms with Crippen LogP contribution >= 0.6 is 12.4 Å². The molecule has 1 fully saturated rings. The largest absolute Gasteiger partial charge is 0.330 e. The Morgan fingerprint density at radius 2 is 2.12 bits per heavy atom. The molecule has 0 aliphatic carbocycles. The predicted molar refractivity (Wildman–Crippen MR) is 67.5 cm³/mol. The summed E-state index contributed by atoms with van der Waals surface area (Å²) in [5, 5.41) is 4.18. The summed E-state index contributed by atoms with van der Waals surface area (Å²) in [7, 11) is 2.00. The monoisotopic (exact) mass is 244 g/mol. The van der Waals surface area contributed by atoms with Crippen molar-refractivity contribution >= 4 is 12.4 Å². The first-order valence-corrected chi connectivity index (χ1v) is 5.69. The van der Waals surface area contributed by atoms with Gasteiger partial charge in [-0.3, -0.25) is 9.58 Å². The normalized spacial score (nSPS) is 18.4. The second kappa shape index (κ2) is 6.23. The van der Waals surface area contributed by atoms with Crippen LogP contribution in [0.25, 0.3) is 0 Å². The third-order valence-corrected chi connectivity index (χ3v) is 3.35. The molecule has 1 aromatic rings. The molecule has 1 aliphatic rings. The van der Waals surface area contributed by atoms with Crippen molar-refractivity contribution in [3.8, 4) is 0 Å². The summed E-state index contributed by atoms with van der Waals surface area (Å²) in [5.41, 5.74) is 6.97. The van der Waals surface area contributed by atoms with Crippen LogP contribution < -0.4 is 5.73 Å². The van der Waals surface area contributed by atoms with Crippen molar-refractivity contribution in [2.24, 2.45) is 18.7 Å². The SMILES string of the molecule is Cl.Cn1nccc1CN1CCC(CN)CC1. The molecule has 92 valence electrons. The van der Waals surface area contributed by atoms with Crippen LogP contribution in [0.5, 0.6) is 0 Å². The molecule has 0 atom stereocenters. The zero-order valence-corrected chi connectivity index (χ0v) is 10.6. The molecule has 2 rings (SSSR count). The van der Waals surface area contributed by atoms with E-state index in [-0.39, 0.29) is 12.4 Å². The fourth-order valence-electron chi connectivity index (χ4n) is 2.17. The second-order valence-corrected chi connectivity index (χ2v) is 4.40. The fourth-order valence-corrected chi connectivity index (χ4v) is 2.17. The second-order valence-electron chi connectivity index (χ2n) is 4.40. The minimum absolute atomic E-state index is 0. The Morgan fingerprint density at radius 3 is 2.62 bits per heavy atom. The number of hydrogen-bond donors (Lipinski definition) is 1. The van der Waals surface area contributed by atoms with Crippen LogP contribution in [0.15, 0.2) is 12.3 Å². The van der Waals surface area contributed by atoms with Crippen molar-refractivity contribution in [1.82, 2.24) is 14.7 Å². The van der Waals surface area contributed by atoms with E-state index in [9.17, 15) is 0 Å². The standard InChI is InChI=1S/C11H20N4.ClH/c1-14-11(2-5-13-14)9-15-6-3-10(8-12)4-7-15;/h2,5,10H,3-4,6-9,12H2,1H3;1H. The van der Waals surface area contributed by atoms with Crippen molar-refractivity contribution in [3.63, 3.8) is 0 Å². The lowest BCUT2D eigenvalue weighted by Crippen LogP contribution is -2.36. The van der Waals surface area contributed by atoms with Gasteiger partial charge in [-0.05, 0) is 44.5 Å². The molecule has 1 saturated heterocycles. The summed E-state index contributed by atoms with van der Waals surface area (Å²) in [6, 6.07) is 2.09. The average molecular weight is 245 g/mol. The number of aromatic nitrogens is 2. The van der Waals surface area contributed by atoms with E-state index < -0.39 is 0 Å². The van der Waals surface area contributed by atoms with Gasteiger partial charge in [0.25, 0.3) is 0 Å².